The second-order valence-electron chi connectivity index (χ2n) is 19.4. The molecule has 1 saturated heterocycles. The predicted molar refractivity (Wildman–Crippen MR) is 267 cm³/mol. The third-order valence-electron chi connectivity index (χ3n) is 13.3. The Kier molecular flexibility index (Phi) is 43.1. The van der Waals surface area contributed by atoms with Crippen LogP contribution in [0.1, 0.15) is 264 Å². The summed E-state index contributed by atoms with van der Waals surface area (Å²) in [6, 6.07) is -0.815. The lowest BCUT2D eigenvalue weighted by molar-refractivity contribution is -0.302. The monoisotopic (exact) mass is 908 g/mol. The Labute approximate surface area is 394 Å². The number of unbranched alkanes of at least 4 members (excludes halogenated alkanes) is 35. The van der Waals surface area contributed by atoms with Gasteiger partial charge in [-0.15, -0.1) is 0 Å². The normalized spacial score (nSPS) is 20.1. The van der Waals surface area contributed by atoms with Crippen molar-refractivity contribution in [2.24, 2.45) is 0 Å². The van der Waals surface area contributed by atoms with Crippen molar-refractivity contribution in [1.82, 2.24) is 5.32 Å². The number of nitrogens with one attached hydrogen (secondary N) is 1. The van der Waals surface area contributed by atoms with Crippen molar-refractivity contribution >= 4 is 5.91 Å². The summed E-state index contributed by atoms with van der Waals surface area (Å²) < 4.78 is 11.2. The highest BCUT2D eigenvalue weighted by molar-refractivity contribution is 5.76. The summed E-state index contributed by atoms with van der Waals surface area (Å²) in [5, 5.41) is 54.0. The van der Waals surface area contributed by atoms with E-state index in [-0.39, 0.29) is 12.5 Å². The largest absolute Gasteiger partial charge is 0.394 e. The molecule has 1 amide bonds. The van der Waals surface area contributed by atoms with Crippen LogP contribution in [0.15, 0.2) is 24.3 Å². The summed E-state index contributed by atoms with van der Waals surface area (Å²) in [6.07, 6.45) is 50.2. The Balaban J connectivity index is 2.03. The fourth-order valence-corrected chi connectivity index (χ4v) is 8.87. The Bertz CT molecular complexity index is 1060. The highest BCUT2D eigenvalue weighted by Crippen LogP contribution is 2.23. The predicted octanol–water partition coefficient (Wildman–Crippen LogP) is 13.0. The molecule has 9 heteroatoms. The van der Waals surface area contributed by atoms with Gasteiger partial charge in [0.2, 0.25) is 5.91 Å². The molecular formula is C55H105NO8. The van der Waals surface area contributed by atoms with E-state index in [2.05, 4.69) is 31.3 Å². The smallest absolute Gasteiger partial charge is 0.220 e. The highest BCUT2D eigenvalue weighted by atomic mass is 16.7. The summed E-state index contributed by atoms with van der Waals surface area (Å²) >= 11 is 0. The number of carbonyl (C=O) groups is 1. The van der Waals surface area contributed by atoms with Gasteiger partial charge >= 0.3 is 0 Å². The van der Waals surface area contributed by atoms with Crippen molar-refractivity contribution in [3.05, 3.63) is 24.3 Å². The molecule has 378 valence electrons. The first-order valence-electron chi connectivity index (χ1n) is 27.6. The van der Waals surface area contributed by atoms with Gasteiger partial charge in [0, 0.05) is 6.42 Å². The van der Waals surface area contributed by atoms with Gasteiger partial charge in [0.25, 0.3) is 0 Å². The SMILES string of the molecule is CCCC/C=C/CC/C=C/C(O)C(COC1OC(CO)C(O)C(O)C1O)NC(=O)CCCCCCCCCCCCCCCCCCCCCCCCCCCCCCCCCCC. The molecule has 0 saturated carbocycles. The molecule has 0 aliphatic carbocycles. The Morgan fingerprint density at radius 1 is 0.516 bits per heavy atom. The van der Waals surface area contributed by atoms with Gasteiger partial charge in [-0.2, -0.15) is 0 Å². The summed E-state index contributed by atoms with van der Waals surface area (Å²) in [6.45, 7) is 3.70. The van der Waals surface area contributed by atoms with E-state index in [4.69, 9.17) is 9.47 Å². The minimum absolute atomic E-state index is 0.186. The summed E-state index contributed by atoms with van der Waals surface area (Å²) in [5.41, 5.74) is 0. The molecule has 1 aliphatic heterocycles. The molecule has 1 aliphatic rings. The van der Waals surface area contributed by atoms with Crippen LogP contribution in [0.4, 0.5) is 0 Å². The number of amides is 1. The quantitative estimate of drug-likeness (QED) is 0.0261. The van der Waals surface area contributed by atoms with E-state index in [9.17, 15) is 30.3 Å². The molecule has 0 bridgehead atoms. The van der Waals surface area contributed by atoms with Crippen LogP contribution >= 0.6 is 0 Å². The number of aliphatic hydroxyl groups is 5. The van der Waals surface area contributed by atoms with E-state index in [0.29, 0.717) is 6.42 Å². The lowest BCUT2D eigenvalue weighted by Gasteiger charge is -2.40. The minimum atomic E-state index is -1.57. The van der Waals surface area contributed by atoms with Crippen LogP contribution in [0.2, 0.25) is 0 Å². The highest BCUT2D eigenvalue weighted by Gasteiger charge is 2.44. The van der Waals surface area contributed by atoms with Crippen molar-refractivity contribution in [2.75, 3.05) is 13.2 Å². The fraction of sp³-hybridized carbons (Fsp3) is 0.909. The van der Waals surface area contributed by atoms with E-state index in [1.165, 1.54) is 199 Å². The third kappa shape index (κ3) is 34.9. The first-order chi connectivity index (χ1) is 31.3. The summed E-state index contributed by atoms with van der Waals surface area (Å²) in [7, 11) is 0. The molecule has 0 aromatic rings. The maximum atomic E-state index is 12.9. The molecule has 7 atom stereocenters. The molecule has 0 radical (unpaired) electrons. The van der Waals surface area contributed by atoms with E-state index in [1.807, 2.05) is 6.08 Å². The van der Waals surface area contributed by atoms with Crippen LogP contribution in [-0.2, 0) is 14.3 Å². The van der Waals surface area contributed by atoms with Crippen molar-refractivity contribution in [1.29, 1.82) is 0 Å². The first kappa shape index (κ1) is 60.7. The molecule has 6 N–H and O–H groups in total. The zero-order valence-electron chi connectivity index (χ0n) is 41.8. The van der Waals surface area contributed by atoms with Crippen molar-refractivity contribution in [2.45, 2.75) is 307 Å². The van der Waals surface area contributed by atoms with Crippen LogP contribution in [0.5, 0.6) is 0 Å². The molecule has 1 fully saturated rings. The van der Waals surface area contributed by atoms with Gasteiger partial charge in [-0.05, 0) is 25.7 Å². The fourth-order valence-electron chi connectivity index (χ4n) is 8.87. The second kappa shape index (κ2) is 45.5. The molecule has 0 spiro atoms. The van der Waals surface area contributed by atoms with Crippen molar-refractivity contribution in [3.8, 4) is 0 Å². The topological polar surface area (TPSA) is 149 Å². The number of aliphatic hydroxyl groups excluding tert-OH is 5. The van der Waals surface area contributed by atoms with Crippen molar-refractivity contribution in [3.63, 3.8) is 0 Å². The average molecular weight is 908 g/mol. The lowest BCUT2D eigenvalue weighted by atomic mass is 9.99. The first-order valence-corrected chi connectivity index (χ1v) is 27.6. The molecule has 0 aromatic carbocycles. The Morgan fingerprint density at radius 3 is 1.30 bits per heavy atom. The van der Waals surface area contributed by atoms with Crippen LogP contribution in [-0.4, -0.2) is 87.5 Å². The maximum absolute atomic E-state index is 12.9. The van der Waals surface area contributed by atoms with Crippen LogP contribution in [0, 0.1) is 0 Å². The second-order valence-corrected chi connectivity index (χ2v) is 19.4. The van der Waals surface area contributed by atoms with E-state index < -0.39 is 49.5 Å². The van der Waals surface area contributed by atoms with Crippen molar-refractivity contribution < 1.29 is 39.8 Å². The van der Waals surface area contributed by atoms with Gasteiger partial charge < -0.3 is 40.3 Å². The van der Waals surface area contributed by atoms with Gasteiger partial charge in [-0.25, -0.2) is 0 Å². The van der Waals surface area contributed by atoms with Crippen LogP contribution in [0.3, 0.4) is 0 Å². The number of hydrogen-bond donors (Lipinski definition) is 6. The molecule has 7 unspecified atom stereocenters. The van der Waals surface area contributed by atoms with Gasteiger partial charge in [0.05, 0.1) is 25.4 Å². The number of hydrogen-bond acceptors (Lipinski definition) is 8. The average Bonchev–Trinajstić information content (AvgIpc) is 3.29. The number of rotatable bonds is 47. The van der Waals surface area contributed by atoms with Crippen LogP contribution < -0.4 is 5.32 Å². The molecule has 1 heterocycles. The van der Waals surface area contributed by atoms with E-state index in [0.717, 1.165) is 44.9 Å². The van der Waals surface area contributed by atoms with Gasteiger partial charge in [-0.3, -0.25) is 4.79 Å². The molecule has 64 heavy (non-hydrogen) atoms. The molecular weight excluding hydrogens is 803 g/mol. The van der Waals surface area contributed by atoms with Gasteiger partial charge in [-0.1, -0.05) is 256 Å². The van der Waals surface area contributed by atoms with Gasteiger partial charge in [0.1, 0.15) is 24.4 Å². The van der Waals surface area contributed by atoms with E-state index in [1.54, 1.807) is 6.08 Å². The maximum Gasteiger partial charge on any atom is 0.220 e. The third-order valence-corrected chi connectivity index (χ3v) is 13.3. The minimum Gasteiger partial charge on any atom is -0.394 e. The zero-order chi connectivity index (χ0) is 46.6. The Morgan fingerprint density at radius 2 is 0.891 bits per heavy atom. The van der Waals surface area contributed by atoms with E-state index >= 15 is 0 Å². The van der Waals surface area contributed by atoms with Crippen LogP contribution in [0.25, 0.3) is 0 Å². The zero-order valence-corrected chi connectivity index (χ0v) is 41.8. The van der Waals surface area contributed by atoms with Gasteiger partial charge in [0.15, 0.2) is 6.29 Å². The number of carbonyl (C=O) groups excluding carboxylic acids is 1. The summed E-state index contributed by atoms with van der Waals surface area (Å²) in [5.74, 6) is -0.186. The molecule has 0 aromatic heterocycles. The molecule has 9 nitrogen and oxygen atoms in total. The lowest BCUT2D eigenvalue weighted by Crippen LogP contribution is -2.60. The Hall–Kier alpha value is -1.33. The standard InChI is InChI=1S/C55H105NO8/c1-3-5-7-9-11-13-14-15-16-17-18-19-20-21-22-23-24-25-26-27-28-29-30-31-32-33-34-35-36-37-39-41-43-45-51(59)56-48(49(58)44-42-40-38-12-10-8-6-4-2)47-63-55-54(62)53(61)52(60)50(46-57)64-55/h10,12,42,44,48-50,52-55,57-58,60-62H,3-9,11,13-41,43,45-47H2,1-2H3,(H,56,59)/b12-10+,44-42+. The number of ether oxygens (including phenoxy) is 2. The summed E-state index contributed by atoms with van der Waals surface area (Å²) in [4.78, 5) is 12.9. The number of allylic oxidation sites excluding steroid dienone is 3. The molecule has 1 rings (SSSR count).